The van der Waals surface area contributed by atoms with Crippen molar-refractivity contribution in [1.29, 1.82) is 0 Å². The number of nitrogens with one attached hydrogen (secondary N) is 1. The van der Waals surface area contributed by atoms with E-state index in [0.717, 1.165) is 6.07 Å². The maximum atomic E-state index is 13.0. The molecule has 8 heteroatoms. The zero-order chi connectivity index (χ0) is 19.3. The van der Waals surface area contributed by atoms with E-state index in [-0.39, 0.29) is 23.4 Å². The summed E-state index contributed by atoms with van der Waals surface area (Å²) in [5, 5.41) is 12.5. The highest BCUT2D eigenvalue weighted by Gasteiger charge is 2.34. The van der Waals surface area contributed by atoms with Gasteiger partial charge in [0.25, 0.3) is 5.91 Å². The van der Waals surface area contributed by atoms with Gasteiger partial charge in [-0.15, -0.1) is 0 Å². The molecular weight excluding hydrogens is 351 g/mol. The van der Waals surface area contributed by atoms with E-state index in [4.69, 9.17) is 9.47 Å². The normalized spacial score (nSPS) is 12.4. The summed E-state index contributed by atoms with van der Waals surface area (Å²) < 4.78 is 49.2. The molecule has 0 fully saturated rings. The van der Waals surface area contributed by atoms with Gasteiger partial charge in [-0.25, -0.2) is 0 Å². The minimum Gasteiger partial charge on any atom is -0.497 e. The van der Waals surface area contributed by atoms with Crippen molar-refractivity contribution >= 4 is 5.91 Å². The van der Waals surface area contributed by atoms with Crippen molar-refractivity contribution in [2.75, 3.05) is 20.8 Å². The van der Waals surface area contributed by atoms with Crippen LogP contribution in [0.3, 0.4) is 0 Å². The molecule has 5 nitrogen and oxygen atoms in total. The lowest BCUT2D eigenvalue weighted by Crippen LogP contribution is -2.29. The van der Waals surface area contributed by atoms with Crippen LogP contribution in [0, 0.1) is 0 Å². The van der Waals surface area contributed by atoms with Crippen LogP contribution in [0.1, 0.15) is 27.6 Å². The third-order valence-corrected chi connectivity index (χ3v) is 3.73. The van der Waals surface area contributed by atoms with Gasteiger partial charge in [-0.1, -0.05) is 18.2 Å². The van der Waals surface area contributed by atoms with E-state index in [1.165, 1.54) is 44.6 Å². The van der Waals surface area contributed by atoms with E-state index in [2.05, 4.69) is 5.32 Å². The molecule has 0 saturated heterocycles. The Balaban J connectivity index is 2.13. The summed E-state index contributed by atoms with van der Waals surface area (Å²) in [5.41, 5.74) is -1.07. The number of methoxy groups -OCH3 is 2. The number of carbonyl (C=O) groups is 1. The Hall–Kier alpha value is -2.74. The zero-order valence-electron chi connectivity index (χ0n) is 14.1. The zero-order valence-corrected chi connectivity index (χ0v) is 14.1. The number of rotatable bonds is 6. The molecule has 0 saturated carbocycles. The van der Waals surface area contributed by atoms with Crippen LogP contribution in [0.2, 0.25) is 0 Å². The van der Waals surface area contributed by atoms with Crippen LogP contribution < -0.4 is 14.8 Å². The molecule has 0 radical (unpaired) electrons. The van der Waals surface area contributed by atoms with Crippen LogP contribution >= 0.6 is 0 Å². The molecule has 0 bridgehead atoms. The van der Waals surface area contributed by atoms with Gasteiger partial charge in [0.15, 0.2) is 0 Å². The lowest BCUT2D eigenvalue weighted by atomic mass is 10.0. The minimum atomic E-state index is -4.60. The molecule has 2 aromatic carbocycles. The third-order valence-electron chi connectivity index (χ3n) is 3.73. The van der Waals surface area contributed by atoms with Crippen LogP contribution in [-0.4, -0.2) is 31.8 Å². The van der Waals surface area contributed by atoms with Crippen LogP contribution in [-0.2, 0) is 6.18 Å². The average molecular weight is 369 g/mol. The number of aliphatic hydroxyl groups is 1. The lowest BCUT2D eigenvalue weighted by molar-refractivity contribution is -0.139. The molecule has 0 spiro atoms. The highest BCUT2D eigenvalue weighted by atomic mass is 19.4. The van der Waals surface area contributed by atoms with Crippen molar-refractivity contribution in [3.8, 4) is 11.5 Å². The first kappa shape index (κ1) is 19.6. The van der Waals surface area contributed by atoms with Crippen molar-refractivity contribution < 1.29 is 32.5 Å². The van der Waals surface area contributed by atoms with Gasteiger partial charge >= 0.3 is 6.18 Å². The first-order valence-corrected chi connectivity index (χ1v) is 7.62. The summed E-state index contributed by atoms with van der Waals surface area (Å²) in [5.74, 6) is 0.137. The van der Waals surface area contributed by atoms with E-state index < -0.39 is 23.8 Å². The van der Waals surface area contributed by atoms with Gasteiger partial charge in [-0.05, 0) is 23.8 Å². The Labute approximate surface area is 148 Å². The molecule has 2 aromatic rings. The van der Waals surface area contributed by atoms with Crippen LogP contribution in [0.4, 0.5) is 13.2 Å². The molecule has 0 aromatic heterocycles. The van der Waals surface area contributed by atoms with Crippen LogP contribution in [0.15, 0.2) is 42.5 Å². The molecule has 1 unspecified atom stereocenters. The van der Waals surface area contributed by atoms with E-state index in [1.807, 2.05) is 0 Å². The smallest absolute Gasteiger partial charge is 0.416 e. The molecule has 0 aliphatic rings. The van der Waals surface area contributed by atoms with E-state index in [9.17, 15) is 23.1 Å². The number of halogens is 3. The van der Waals surface area contributed by atoms with Gasteiger partial charge in [0.05, 0.1) is 31.5 Å². The van der Waals surface area contributed by atoms with Crippen LogP contribution in [0.25, 0.3) is 0 Å². The lowest BCUT2D eigenvalue weighted by Gasteiger charge is -2.18. The van der Waals surface area contributed by atoms with Crippen molar-refractivity contribution in [3.63, 3.8) is 0 Å². The van der Waals surface area contributed by atoms with Crippen molar-refractivity contribution in [1.82, 2.24) is 5.32 Å². The Bertz CT molecular complexity index is 777. The first-order chi connectivity index (χ1) is 12.3. The summed E-state index contributed by atoms with van der Waals surface area (Å²) in [6.45, 7) is -0.388. The number of aliphatic hydroxyl groups excluding tert-OH is 1. The number of alkyl halides is 3. The highest BCUT2D eigenvalue weighted by Crippen LogP contribution is 2.34. The summed E-state index contributed by atoms with van der Waals surface area (Å²) in [6, 6.07) is 9.20. The standard InChI is InChI=1S/C18H18F3NO4/c1-25-11-7-8-13(16(9-11)26-2)17(24)22-10-15(23)12-5-3-4-6-14(12)18(19,20)21/h3-9,15,23H,10H2,1-2H3,(H,22,24). The number of hydrogen-bond donors (Lipinski definition) is 2. The molecule has 0 aliphatic carbocycles. The Kier molecular flexibility index (Phi) is 6.10. The van der Waals surface area contributed by atoms with E-state index >= 15 is 0 Å². The second-order valence-corrected chi connectivity index (χ2v) is 5.38. The van der Waals surface area contributed by atoms with Gasteiger partial charge in [-0.3, -0.25) is 4.79 Å². The second kappa shape index (κ2) is 8.09. The van der Waals surface area contributed by atoms with Gasteiger partial charge in [-0.2, -0.15) is 13.2 Å². The number of hydrogen-bond acceptors (Lipinski definition) is 4. The molecule has 0 heterocycles. The first-order valence-electron chi connectivity index (χ1n) is 7.62. The number of benzene rings is 2. The van der Waals surface area contributed by atoms with Crippen molar-refractivity contribution in [2.24, 2.45) is 0 Å². The summed E-state index contributed by atoms with van der Waals surface area (Å²) in [4.78, 5) is 12.3. The van der Waals surface area contributed by atoms with Gasteiger partial charge in [0.2, 0.25) is 0 Å². The predicted molar refractivity (Wildman–Crippen MR) is 88.3 cm³/mol. The molecule has 1 amide bonds. The molecule has 140 valence electrons. The number of amides is 1. The molecular formula is C18H18F3NO4. The topological polar surface area (TPSA) is 67.8 Å². The Morgan fingerprint density at radius 2 is 1.85 bits per heavy atom. The van der Waals surface area contributed by atoms with Crippen molar-refractivity contribution in [3.05, 3.63) is 59.2 Å². The maximum absolute atomic E-state index is 13.0. The highest BCUT2D eigenvalue weighted by molar-refractivity contribution is 5.97. The molecule has 2 rings (SSSR count). The largest absolute Gasteiger partial charge is 0.497 e. The van der Waals surface area contributed by atoms with E-state index in [1.54, 1.807) is 6.07 Å². The fraction of sp³-hybridized carbons (Fsp3) is 0.278. The Morgan fingerprint density at radius 3 is 2.46 bits per heavy atom. The maximum Gasteiger partial charge on any atom is 0.416 e. The number of ether oxygens (including phenoxy) is 2. The summed E-state index contributed by atoms with van der Waals surface area (Å²) in [7, 11) is 2.84. The molecule has 1 atom stereocenters. The molecule has 26 heavy (non-hydrogen) atoms. The van der Waals surface area contributed by atoms with Gasteiger partial charge in [0.1, 0.15) is 11.5 Å². The fourth-order valence-electron chi connectivity index (χ4n) is 2.43. The van der Waals surface area contributed by atoms with E-state index in [0.29, 0.717) is 5.75 Å². The fourth-order valence-corrected chi connectivity index (χ4v) is 2.43. The van der Waals surface area contributed by atoms with Crippen molar-refractivity contribution in [2.45, 2.75) is 12.3 Å². The minimum absolute atomic E-state index is 0.171. The molecule has 2 N–H and O–H groups in total. The second-order valence-electron chi connectivity index (χ2n) is 5.38. The number of carbonyl (C=O) groups excluding carboxylic acids is 1. The summed E-state index contributed by atoms with van der Waals surface area (Å²) in [6.07, 6.45) is -6.11. The Morgan fingerprint density at radius 1 is 1.15 bits per heavy atom. The molecule has 0 aliphatic heterocycles. The monoisotopic (exact) mass is 369 g/mol. The van der Waals surface area contributed by atoms with Gasteiger partial charge in [0, 0.05) is 12.6 Å². The van der Waals surface area contributed by atoms with Crippen LogP contribution in [0.5, 0.6) is 11.5 Å². The van der Waals surface area contributed by atoms with Gasteiger partial charge < -0.3 is 19.9 Å². The predicted octanol–water partition coefficient (Wildman–Crippen LogP) is 3.19. The third kappa shape index (κ3) is 4.45. The summed E-state index contributed by atoms with van der Waals surface area (Å²) >= 11 is 0. The quantitative estimate of drug-likeness (QED) is 0.821. The average Bonchev–Trinajstić information content (AvgIpc) is 2.64. The SMILES string of the molecule is COc1ccc(C(=O)NCC(O)c2ccccc2C(F)(F)F)c(OC)c1.